The van der Waals surface area contributed by atoms with Gasteiger partial charge in [0.25, 0.3) is 0 Å². The number of rotatable bonds is 12. The topological polar surface area (TPSA) is 253 Å². The Morgan fingerprint density at radius 3 is 1.84 bits per heavy atom. The molecular formula is C72H112F8N12O11. The van der Waals surface area contributed by atoms with E-state index < -0.39 is 212 Å². The van der Waals surface area contributed by atoms with E-state index in [1.807, 2.05) is 27.7 Å². The minimum Gasteiger partial charge on any atom is -0.344 e. The van der Waals surface area contributed by atoms with E-state index in [0.717, 1.165) is 22.6 Å². The van der Waals surface area contributed by atoms with Crippen molar-refractivity contribution in [2.24, 2.45) is 35.5 Å². The predicted octanol–water partition coefficient (Wildman–Crippen LogP) is 6.56. The number of nitrogens with one attached hydrogen (secondary N) is 3. The average Bonchev–Trinajstić information content (AvgIpc) is 1.36. The molecule has 0 aromatic carbocycles. The second-order valence-electron chi connectivity index (χ2n) is 30.5. The molecule has 4 aliphatic carbocycles. The van der Waals surface area contributed by atoms with Gasteiger partial charge in [0.1, 0.15) is 60.1 Å². The first-order valence-electron chi connectivity index (χ1n) is 37.2. The van der Waals surface area contributed by atoms with Gasteiger partial charge in [-0.25, -0.2) is 8.78 Å². The van der Waals surface area contributed by atoms with Crippen LogP contribution >= 0.6 is 0 Å². The molecule has 6 fully saturated rings. The zero-order valence-electron chi connectivity index (χ0n) is 61.9. The number of likely N-dealkylation sites (N-methyl/N-ethyl adjacent to an activating group) is 7. The molecule has 2 unspecified atom stereocenters. The number of alkyl halides is 8. The quantitative estimate of drug-likeness (QED) is 0.139. The molecule has 1 spiro atoms. The molecule has 2 bridgehead atoms. The van der Waals surface area contributed by atoms with Crippen LogP contribution < -0.4 is 16.0 Å². The molecule has 582 valence electrons. The van der Waals surface area contributed by atoms with Crippen LogP contribution in [0.15, 0.2) is 12.2 Å². The SMILES string of the molecule is CCCN(C)C(=O)[C@@H]1CC(=O)N(C)[C@@H](CC)CN[C@@H]([C@@H](C)CC)C(=O)N(C)CC(=O)N(C)[C@H]2C/C=C\CCN(C2=O)[C@@H](CC2CCC(C(F)(F)F)CC2)C(=O)N(C)CC(=O)N[C@@H](CCC2CC(F)C(C(F)(F)F)C(F)C2)C(=O)N2CC[C@H]2C(=O)NC2(CCC2)C(=O)N(C)[C@@H](C2CCCC2)C(=O)N1C. The van der Waals surface area contributed by atoms with Crippen LogP contribution in [0.5, 0.6) is 0 Å². The Hall–Kier alpha value is -6.69. The largest absolute Gasteiger partial charge is 0.397 e. The molecule has 0 radical (unpaired) electrons. The van der Waals surface area contributed by atoms with E-state index in [-0.39, 0.29) is 103 Å². The second kappa shape index (κ2) is 36.1. The molecule has 7 aliphatic rings. The zero-order chi connectivity index (χ0) is 76.3. The van der Waals surface area contributed by atoms with Gasteiger partial charge in [-0.1, -0.05) is 59.1 Å². The first kappa shape index (κ1) is 83.6. The maximum absolute atomic E-state index is 15.4. The van der Waals surface area contributed by atoms with E-state index in [1.54, 1.807) is 26.2 Å². The lowest BCUT2D eigenvalue weighted by molar-refractivity contribution is -0.219. The Morgan fingerprint density at radius 1 is 0.660 bits per heavy atom. The number of nitrogens with zero attached hydrogens (tertiary/aromatic N) is 9. The van der Waals surface area contributed by atoms with Crippen molar-refractivity contribution < 1.29 is 87.9 Å². The molecule has 3 heterocycles. The van der Waals surface area contributed by atoms with Gasteiger partial charge in [0.2, 0.25) is 65.0 Å². The molecule has 0 aromatic heterocycles. The summed E-state index contributed by atoms with van der Waals surface area (Å²) >= 11 is 0. The van der Waals surface area contributed by atoms with Gasteiger partial charge in [0.15, 0.2) is 0 Å². The number of amides is 11. The molecule has 23 nitrogen and oxygen atoms in total. The van der Waals surface area contributed by atoms with E-state index in [2.05, 4.69) is 16.0 Å². The van der Waals surface area contributed by atoms with Gasteiger partial charge in [-0.3, -0.25) is 52.7 Å². The van der Waals surface area contributed by atoms with Crippen LogP contribution in [0.25, 0.3) is 0 Å². The van der Waals surface area contributed by atoms with Gasteiger partial charge < -0.3 is 60.0 Å². The Balaban J connectivity index is 1.27. The maximum Gasteiger partial charge on any atom is 0.397 e. The lowest BCUT2D eigenvalue weighted by Crippen LogP contribution is -2.70. The summed E-state index contributed by atoms with van der Waals surface area (Å²) in [6.07, 6.45) is -9.92. The lowest BCUT2D eigenvalue weighted by atomic mass is 9.74. The number of carbonyl (C=O) groups is 11. The van der Waals surface area contributed by atoms with Gasteiger partial charge in [-0.15, -0.1) is 0 Å². The molecular weight excluding hydrogens is 1360 g/mol. The summed E-state index contributed by atoms with van der Waals surface area (Å²) in [7, 11) is 10.1. The Morgan fingerprint density at radius 2 is 1.29 bits per heavy atom. The predicted molar refractivity (Wildman–Crippen MR) is 366 cm³/mol. The standard InChI is InChI=1S/C72H112F8N12O11/c1-12-33-84(5)64(98)54-39-57(94)87(8)48(14-3)40-81-60(43(4)13-2)67(101)86(7)42-58(95)88(9)53-23-16-15-19-34-91(66(53)100)55(38-44-24-27-47(28-25-44)71(75,76)77)65(99)85(6)41-56(93)82-51(29-26-45-36-49(73)59(50(74)37-45)72(78,79)80)63(97)92-35-30-52(92)62(96)83-70(31-20-32-70)69(103)90(11)61(68(102)89(54)10)46-21-17-18-22-46/h15-16,43-55,59-61,81H,12-14,17-42H2,1-11H3,(H,82,93)(H,83,96)/b16-15-/t43-,44?,45?,47?,48-,49?,50?,51-,52-,53-,54-,55-,59?,60-,61-/m0/s1. The highest BCUT2D eigenvalue weighted by atomic mass is 19.4. The summed E-state index contributed by atoms with van der Waals surface area (Å²) in [5.41, 5.74) is -1.59. The third kappa shape index (κ3) is 20.1. The molecule has 31 heteroatoms. The normalized spacial score (nSPS) is 32.1. The van der Waals surface area contributed by atoms with Crippen molar-refractivity contribution in [3.05, 3.63) is 12.2 Å². The van der Waals surface area contributed by atoms with E-state index in [1.165, 1.54) is 69.5 Å². The summed E-state index contributed by atoms with van der Waals surface area (Å²) in [6, 6.07) is -9.67. The lowest BCUT2D eigenvalue weighted by Gasteiger charge is -2.48. The Kier molecular flexibility index (Phi) is 29.3. The monoisotopic (exact) mass is 1470 g/mol. The molecule has 3 aliphatic heterocycles. The minimum absolute atomic E-state index is 0.0278. The number of carbonyl (C=O) groups excluding carboxylic acids is 11. The average molecular weight is 1470 g/mol. The van der Waals surface area contributed by atoms with Crippen molar-refractivity contribution in [2.75, 3.05) is 88.6 Å². The highest BCUT2D eigenvalue weighted by Gasteiger charge is 2.56. The van der Waals surface area contributed by atoms with Crippen LogP contribution in [0.1, 0.15) is 175 Å². The first-order valence-corrected chi connectivity index (χ1v) is 37.2. The molecule has 7 rings (SSSR count). The van der Waals surface area contributed by atoms with Crippen molar-refractivity contribution >= 4 is 65.0 Å². The van der Waals surface area contributed by atoms with Gasteiger partial charge in [-0.2, -0.15) is 26.3 Å². The fraction of sp³-hybridized carbons (Fsp3) is 0.819. The van der Waals surface area contributed by atoms with Gasteiger partial charge in [0, 0.05) is 81.6 Å². The van der Waals surface area contributed by atoms with Crippen LogP contribution in [0.3, 0.4) is 0 Å². The summed E-state index contributed by atoms with van der Waals surface area (Å²) in [6.45, 7) is 6.24. The van der Waals surface area contributed by atoms with E-state index in [9.17, 15) is 55.1 Å². The molecule has 3 N–H and O–H groups in total. The van der Waals surface area contributed by atoms with Crippen molar-refractivity contribution in [1.82, 2.24) is 60.0 Å². The van der Waals surface area contributed by atoms with Crippen molar-refractivity contribution in [1.29, 1.82) is 0 Å². The number of fused-ring (bicyclic) bond motifs is 3. The molecule has 4 saturated carbocycles. The molecule has 11 atom stereocenters. The molecule has 103 heavy (non-hydrogen) atoms. The Labute approximate surface area is 601 Å². The third-order valence-corrected chi connectivity index (χ3v) is 23.6. The summed E-state index contributed by atoms with van der Waals surface area (Å²) in [4.78, 5) is 175. The van der Waals surface area contributed by atoms with Crippen LogP contribution in [-0.4, -0.2) is 276 Å². The minimum atomic E-state index is -5.19. The van der Waals surface area contributed by atoms with Gasteiger partial charge in [-0.05, 0) is 146 Å². The number of hydrogen-bond donors (Lipinski definition) is 3. The zero-order valence-corrected chi connectivity index (χ0v) is 61.9. The highest BCUT2D eigenvalue weighted by Crippen LogP contribution is 2.46. The fourth-order valence-corrected chi connectivity index (χ4v) is 16.5. The maximum atomic E-state index is 15.4. The van der Waals surface area contributed by atoms with E-state index in [4.69, 9.17) is 0 Å². The molecule has 0 aromatic rings. The fourth-order valence-electron chi connectivity index (χ4n) is 16.5. The molecule has 11 amide bonds. The highest BCUT2D eigenvalue weighted by molar-refractivity contribution is 6.00. The molecule has 2 saturated heterocycles. The summed E-state index contributed by atoms with van der Waals surface area (Å²) in [5.74, 6) is -14.4. The van der Waals surface area contributed by atoms with E-state index >= 15 is 32.8 Å². The second-order valence-corrected chi connectivity index (χ2v) is 30.5. The smallest absolute Gasteiger partial charge is 0.344 e. The van der Waals surface area contributed by atoms with Gasteiger partial charge >= 0.3 is 12.4 Å². The van der Waals surface area contributed by atoms with Crippen molar-refractivity contribution in [3.8, 4) is 0 Å². The third-order valence-electron chi connectivity index (χ3n) is 23.6. The Bertz CT molecular complexity index is 3030. The van der Waals surface area contributed by atoms with Crippen molar-refractivity contribution in [3.63, 3.8) is 0 Å². The van der Waals surface area contributed by atoms with Gasteiger partial charge in [0.05, 0.1) is 31.5 Å². The summed E-state index contributed by atoms with van der Waals surface area (Å²) < 4.78 is 114. The first-order chi connectivity index (χ1) is 48.4. The van der Waals surface area contributed by atoms with Crippen LogP contribution in [0, 0.1) is 35.5 Å². The number of hydrogen-bond acceptors (Lipinski definition) is 12. The van der Waals surface area contributed by atoms with Crippen LogP contribution in [-0.2, 0) is 52.7 Å². The van der Waals surface area contributed by atoms with Crippen LogP contribution in [0.2, 0.25) is 0 Å². The summed E-state index contributed by atoms with van der Waals surface area (Å²) in [5, 5.41) is 8.87. The van der Waals surface area contributed by atoms with Crippen LogP contribution in [0.4, 0.5) is 35.1 Å². The van der Waals surface area contributed by atoms with Crippen molar-refractivity contribution in [2.45, 2.75) is 254 Å². The van der Waals surface area contributed by atoms with E-state index in [0.29, 0.717) is 38.5 Å². The number of halogens is 8.